The number of para-hydroxylation sites is 4. The first-order chi connectivity index (χ1) is 31.7. The minimum absolute atomic E-state index is 0.370. The molecule has 1 aliphatic rings. The van der Waals surface area contributed by atoms with Crippen LogP contribution in [0, 0.1) is 34.0 Å². The summed E-state index contributed by atoms with van der Waals surface area (Å²) in [6.07, 6.45) is 6.05. The van der Waals surface area contributed by atoms with Crippen LogP contribution in [0.15, 0.2) is 164 Å². The van der Waals surface area contributed by atoms with Crippen LogP contribution in [-0.2, 0) is 6.42 Å². The van der Waals surface area contributed by atoms with Crippen LogP contribution in [-0.4, -0.2) is 13.7 Å². The maximum Gasteiger partial charge on any atom is 0.104 e. The van der Waals surface area contributed by atoms with E-state index in [0.29, 0.717) is 33.8 Å². The van der Waals surface area contributed by atoms with Crippen LogP contribution in [0.2, 0.25) is 0 Å². The topological polar surface area (TPSA) is 86.2 Å². The Hall–Kier alpha value is -8.67. The summed E-state index contributed by atoms with van der Waals surface area (Å²) >= 11 is 1.78. The van der Waals surface area contributed by atoms with Gasteiger partial charge in [0.15, 0.2) is 0 Å². The number of benzene rings is 8. The minimum Gasteiger partial charge on any atom is -0.311 e. The van der Waals surface area contributed by atoms with Crippen LogP contribution >= 0.6 is 11.3 Å². The van der Waals surface area contributed by atoms with Gasteiger partial charge in [-0.2, -0.15) is 15.8 Å². The summed E-state index contributed by atoms with van der Waals surface area (Å²) in [7, 11) is 0. The summed E-state index contributed by atoms with van der Waals surface area (Å²) in [6.45, 7) is 0. The first-order valence-electron chi connectivity index (χ1n) is 21.3. The number of nitrogens with zero attached hydrogens (tertiary/aromatic N) is 6. The van der Waals surface area contributed by atoms with Crippen LogP contribution in [0.3, 0.4) is 0 Å². The molecule has 8 aromatic carbocycles. The molecule has 0 spiro atoms. The fraction of sp³-hybridized carbons (Fsp3) is 0.0351. The fourth-order valence-electron chi connectivity index (χ4n) is 10.7. The van der Waals surface area contributed by atoms with E-state index in [-0.39, 0.29) is 0 Å². The van der Waals surface area contributed by atoms with Gasteiger partial charge in [0.1, 0.15) is 23.3 Å². The Bertz CT molecular complexity index is 4110. The van der Waals surface area contributed by atoms with Crippen molar-refractivity contribution in [3.63, 3.8) is 0 Å². The van der Waals surface area contributed by atoms with Crippen LogP contribution in [0.1, 0.15) is 34.4 Å². The monoisotopic (exact) mass is 832 g/mol. The molecule has 4 aromatic heterocycles. The SMILES string of the molecule is N#Cc1ccc(-c2c(-n3c4c(c5ccccc53)C=CCC4)c(C#N)c(-n3c4ccccc4c4c5c(ccc43)sc3ccccc35)c(C#N)c2-n2c3ccccc3c3ccccc32)cc1. The fourth-order valence-corrected chi connectivity index (χ4v) is 11.8. The number of nitriles is 3. The van der Waals surface area contributed by atoms with Crippen LogP contribution in [0.5, 0.6) is 0 Å². The van der Waals surface area contributed by atoms with Crippen LogP contribution in [0.25, 0.3) is 109 Å². The zero-order chi connectivity index (χ0) is 42.6. The molecule has 1 aliphatic carbocycles. The van der Waals surface area contributed by atoms with Gasteiger partial charge in [0.25, 0.3) is 0 Å². The third kappa shape index (κ3) is 4.81. The number of rotatable bonds is 4. The number of aromatic nitrogens is 3. The van der Waals surface area contributed by atoms with Gasteiger partial charge in [-0.25, -0.2) is 0 Å². The summed E-state index contributed by atoms with van der Waals surface area (Å²) < 4.78 is 9.12. The smallest absolute Gasteiger partial charge is 0.104 e. The molecule has 0 bridgehead atoms. The summed E-state index contributed by atoms with van der Waals surface area (Å²) in [5.41, 5.74) is 11.6. The second kappa shape index (κ2) is 13.7. The normalized spacial score (nSPS) is 12.5. The van der Waals surface area contributed by atoms with Gasteiger partial charge in [0.05, 0.1) is 56.3 Å². The molecule has 0 unspecified atom stereocenters. The average Bonchev–Trinajstić information content (AvgIpc) is 4.09. The van der Waals surface area contributed by atoms with Crippen molar-refractivity contribution in [2.24, 2.45) is 0 Å². The number of fused-ring (bicyclic) bond motifs is 13. The summed E-state index contributed by atoms with van der Waals surface area (Å²) in [4.78, 5) is 0. The van der Waals surface area contributed by atoms with Gasteiger partial charge in [0, 0.05) is 63.9 Å². The van der Waals surface area contributed by atoms with E-state index in [2.05, 4.69) is 159 Å². The highest BCUT2D eigenvalue weighted by Crippen LogP contribution is 2.50. The van der Waals surface area contributed by atoms with Crippen molar-refractivity contribution in [1.82, 2.24) is 13.7 Å². The quantitative estimate of drug-likeness (QED) is 0.177. The van der Waals surface area contributed by atoms with E-state index < -0.39 is 0 Å². The van der Waals surface area contributed by atoms with Gasteiger partial charge in [-0.1, -0.05) is 115 Å². The zero-order valence-electron chi connectivity index (χ0n) is 34.2. The molecule has 0 amide bonds. The van der Waals surface area contributed by atoms with Gasteiger partial charge in [-0.05, 0) is 73.0 Å². The minimum atomic E-state index is 0.370. The van der Waals surface area contributed by atoms with E-state index in [1.165, 1.54) is 20.2 Å². The Morgan fingerprint density at radius 2 is 0.984 bits per heavy atom. The maximum absolute atomic E-state index is 12.1. The van der Waals surface area contributed by atoms with Crippen LogP contribution in [0.4, 0.5) is 0 Å². The molecular formula is C57H32N6S. The molecular weight excluding hydrogens is 801 g/mol. The molecule has 12 aromatic rings. The number of hydrogen-bond acceptors (Lipinski definition) is 4. The Morgan fingerprint density at radius 3 is 1.64 bits per heavy atom. The first kappa shape index (κ1) is 36.0. The van der Waals surface area contributed by atoms with Gasteiger partial charge < -0.3 is 13.7 Å². The van der Waals surface area contributed by atoms with Gasteiger partial charge in [-0.15, -0.1) is 11.3 Å². The lowest BCUT2D eigenvalue weighted by atomic mass is 9.91. The van der Waals surface area contributed by atoms with Crippen molar-refractivity contribution in [2.45, 2.75) is 12.8 Å². The third-order valence-corrected chi connectivity index (χ3v) is 14.4. The average molecular weight is 833 g/mol. The van der Waals surface area contributed by atoms with Crippen molar-refractivity contribution in [2.75, 3.05) is 0 Å². The largest absolute Gasteiger partial charge is 0.311 e. The molecule has 13 rings (SSSR count). The molecule has 0 saturated heterocycles. The number of allylic oxidation sites excluding steroid dienone is 1. The Labute approximate surface area is 370 Å². The molecule has 0 aliphatic heterocycles. The highest BCUT2D eigenvalue weighted by atomic mass is 32.1. The summed E-state index contributed by atoms with van der Waals surface area (Å²) in [5.74, 6) is 0. The highest BCUT2D eigenvalue weighted by molar-refractivity contribution is 7.26. The molecule has 0 N–H and O–H groups in total. The predicted octanol–water partition coefficient (Wildman–Crippen LogP) is 14.4. The molecule has 0 atom stereocenters. The van der Waals surface area contributed by atoms with Crippen molar-refractivity contribution in [3.8, 4) is 46.4 Å². The molecule has 64 heavy (non-hydrogen) atoms. The lowest BCUT2D eigenvalue weighted by Gasteiger charge is -2.27. The van der Waals surface area contributed by atoms with E-state index >= 15 is 0 Å². The van der Waals surface area contributed by atoms with Crippen molar-refractivity contribution in [1.29, 1.82) is 15.8 Å². The molecule has 7 heteroatoms. The maximum atomic E-state index is 12.1. The Balaban J connectivity index is 1.33. The van der Waals surface area contributed by atoms with E-state index in [1.54, 1.807) is 11.3 Å². The van der Waals surface area contributed by atoms with Gasteiger partial charge in [0.2, 0.25) is 0 Å². The van der Waals surface area contributed by atoms with Gasteiger partial charge in [-0.3, -0.25) is 0 Å². The van der Waals surface area contributed by atoms with E-state index in [1.807, 2.05) is 42.5 Å². The third-order valence-electron chi connectivity index (χ3n) is 13.2. The second-order valence-electron chi connectivity index (χ2n) is 16.4. The molecule has 0 saturated carbocycles. The Kier molecular flexibility index (Phi) is 7.69. The van der Waals surface area contributed by atoms with E-state index in [0.717, 1.165) is 89.7 Å². The molecule has 296 valence electrons. The van der Waals surface area contributed by atoms with E-state index in [4.69, 9.17) is 0 Å². The van der Waals surface area contributed by atoms with Gasteiger partial charge >= 0.3 is 0 Å². The molecule has 0 radical (unpaired) electrons. The highest BCUT2D eigenvalue weighted by Gasteiger charge is 2.34. The second-order valence-corrected chi connectivity index (χ2v) is 17.5. The summed E-state index contributed by atoms with van der Waals surface area (Å²) in [5, 5.41) is 41.9. The summed E-state index contributed by atoms with van der Waals surface area (Å²) in [6, 6.07) is 61.9. The molecule has 0 fully saturated rings. The standard InChI is InChI=1S/C57H32N6S/c58-31-34-25-27-35(28-26-34)52-56(61-44-19-7-1-13-36(44)37-14-2-8-20-45(37)61)42(32-59)55(43(33-60)57(52)62-46-21-9-3-15-38(46)39-16-4-10-22-47(39)62)63-48-23-11-5-17-40(48)53-49(63)29-30-51-54(53)41-18-6-12-24-50(41)64-51/h1-9,11-21,23-30H,10,22H2. The van der Waals surface area contributed by atoms with Crippen molar-refractivity contribution < 1.29 is 0 Å². The Morgan fingerprint density at radius 1 is 0.438 bits per heavy atom. The van der Waals surface area contributed by atoms with Crippen molar-refractivity contribution in [3.05, 3.63) is 192 Å². The van der Waals surface area contributed by atoms with Crippen molar-refractivity contribution >= 4 is 92.1 Å². The number of thiophene rings is 1. The first-order valence-corrected chi connectivity index (χ1v) is 22.2. The lowest BCUT2D eigenvalue weighted by molar-refractivity contribution is 0.885. The predicted molar refractivity (Wildman–Crippen MR) is 262 cm³/mol. The molecule has 4 heterocycles. The van der Waals surface area contributed by atoms with E-state index in [9.17, 15) is 15.8 Å². The molecule has 6 nitrogen and oxygen atoms in total. The van der Waals surface area contributed by atoms with Crippen LogP contribution < -0.4 is 0 Å². The zero-order valence-corrected chi connectivity index (χ0v) is 35.0. The lowest BCUT2D eigenvalue weighted by Crippen LogP contribution is -2.15. The number of hydrogen-bond donors (Lipinski definition) is 0.